The van der Waals surface area contributed by atoms with E-state index in [9.17, 15) is 0 Å². The molecular formula is C64H54N2. The Bertz CT molecular complexity index is 3300. The molecule has 0 amide bonds. The van der Waals surface area contributed by atoms with E-state index in [1.165, 1.54) is 115 Å². The van der Waals surface area contributed by atoms with Crippen molar-refractivity contribution >= 4 is 44.9 Å². The summed E-state index contributed by atoms with van der Waals surface area (Å²) in [5.74, 6) is 0.967. The number of fused-ring (bicyclic) bond motifs is 6. The molecule has 1 spiro atoms. The Morgan fingerprint density at radius 2 is 0.924 bits per heavy atom. The third-order valence-corrected chi connectivity index (χ3v) is 16.2. The van der Waals surface area contributed by atoms with E-state index in [0.29, 0.717) is 11.8 Å². The fraction of sp³-hybridized carbons (Fsp3) is 0.188. The van der Waals surface area contributed by atoms with E-state index in [-0.39, 0.29) is 10.8 Å². The van der Waals surface area contributed by atoms with Gasteiger partial charge in [-0.1, -0.05) is 172 Å². The second-order valence-corrected chi connectivity index (χ2v) is 19.9. The molecule has 3 unspecified atom stereocenters. The van der Waals surface area contributed by atoms with E-state index in [2.05, 4.69) is 230 Å². The standard InChI is InChI=1S/C64H54N2/c1-63(2)56-33-17-16-32-53(56)54-37-36-52(42-57(54)63)65(50-28-8-4-9-29-50)58-34-18-24-46-38-48-26-14-15-27-49-39-47-25-19-35-59(62(47)64(48,49)61(46)58)66(51-30-10-5-11-31-51)60-41-45-23-13-12-22-44(45)40-55(60)43-20-6-3-7-21-43/h3-13,16-25,28-37,40-42,48-49H,14-15,26-27,38-39H2,1-2H3. The molecule has 0 aliphatic heterocycles. The van der Waals surface area contributed by atoms with E-state index >= 15 is 0 Å². The van der Waals surface area contributed by atoms with Gasteiger partial charge in [0.05, 0.1) is 17.1 Å². The van der Waals surface area contributed by atoms with E-state index in [1.54, 1.807) is 11.1 Å². The average molecular weight is 851 g/mol. The van der Waals surface area contributed by atoms with Gasteiger partial charge in [-0.25, -0.2) is 0 Å². The van der Waals surface area contributed by atoms with Crippen molar-refractivity contribution in [1.29, 1.82) is 0 Å². The van der Waals surface area contributed by atoms with Gasteiger partial charge in [-0.05, 0) is 159 Å². The van der Waals surface area contributed by atoms with Gasteiger partial charge in [-0.2, -0.15) is 0 Å². The summed E-state index contributed by atoms with van der Waals surface area (Å²) in [4.78, 5) is 5.27. The molecular weight excluding hydrogens is 797 g/mol. The second-order valence-electron chi connectivity index (χ2n) is 19.9. The minimum Gasteiger partial charge on any atom is -0.310 e. The molecule has 4 aliphatic rings. The van der Waals surface area contributed by atoms with Crippen LogP contribution < -0.4 is 9.80 Å². The molecule has 0 bridgehead atoms. The molecule has 13 rings (SSSR count). The van der Waals surface area contributed by atoms with Crippen LogP contribution in [0.2, 0.25) is 0 Å². The van der Waals surface area contributed by atoms with Crippen LogP contribution in [0, 0.1) is 11.8 Å². The van der Waals surface area contributed by atoms with E-state index < -0.39 is 0 Å². The molecule has 320 valence electrons. The molecule has 9 aromatic carbocycles. The molecule has 2 heteroatoms. The average Bonchev–Trinajstić information content (AvgIpc) is 3.91. The van der Waals surface area contributed by atoms with E-state index in [1.807, 2.05) is 0 Å². The third kappa shape index (κ3) is 5.80. The number of rotatable bonds is 7. The second kappa shape index (κ2) is 15.2. The van der Waals surface area contributed by atoms with Gasteiger partial charge in [-0.3, -0.25) is 0 Å². The van der Waals surface area contributed by atoms with Crippen LogP contribution in [0.4, 0.5) is 34.1 Å². The predicted octanol–water partition coefficient (Wildman–Crippen LogP) is 17.0. The van der Waals surface area contributed by atoms with Crippen LogP contribution in [0.25, 0.3) is 33.0 Å². The van der Waals surface area contributed by atoms with Crippen molar-refractivity contribution in [2.75, 3.05) is 9.80 Å². The summed E-state index contributed by atoms with van der Waals surface area (Å²) in [6, 6.07) is 78.2. The van der Waals surface area contributed by atoms with Crippen molar-refractivity contribution in [2.45, 2.75) is 63.2 Å². The van der Waals surface area contributed by atoms with Crippen LogP contribution in [0.1, 0.15) is 72.9 Å². The zero-order valence-electron chi connectivity index (χ0n) is 37.9. The summed E-state index contributed by atoms with van der Waals surface area (Å²) < 4.78 is 0. The van der Waals surface area contributed by atoms with Crippen molar-refractivity contribution in [3.05, 3.63) is 240 Å². The fourth-order valence-corrected chi connectivity index (χ4v) is 13.5. The lowest BCUT2D eigenvalue weighted by molar-refractivity contribution is 0.258. The molecule has 0 aromatic heterocycles. The number of para-hydroxylation sites is 2. The van der Waals surface area contributed by atoms with Gasteiger partial charge in [0.2, 0.25) is 0 Å². The van der Waals surface area contributed by atoms with Gasteiger partial charge in [0, 0.05) is 33.5 Å². The first-order valence-electron chi connectivity index (χ1n) is 24.3. The van der Waals surface area contributed by atoms with Gasteiger partial charge in [-0.15, -0.1) is 0 Å². The maximum atomic E-state index is 2.64. The highest BCUT2D eigenvalue weighted by atomic mass is 15.2. The Morgan fingerprint density at radius 1 is 0.394 bits per heavy atom. The predicted molar refractivity (Wildman–Crippen MR) is 276 cm³/mol. The minimum atomic E-state index is -0.190. The van der Waals surface area contributed by atoms with Crippen molar-refractivity contribution in [1.82, 2.24) is 0 Å². The molecule has 0 radical (unpaired) electrons. The van der Waals surface area contributed by atoms with E-state index in [4.69, 9.17) is 0 Å². The van der Waals surface area contributed by atoms with Gasteiger partial charge < -0.3 is 9.80 Å². The maximum absolute atomic E-state index is 2.64. The fourth-order valence-electron chi connectivity index (χ4n) is 13.5. The first-order chi connectivity index (χ1) is 32.5. The lowest BCUT2D eigenvalue weighted by atomic mass is 9.63. The smallest absolute Gasteiger partial charge is 0.0546 e. The number of nitrogens with zero attached hydrogens (tertiary/aromatic N) is 2. The summed E-state index contributed by atoms with van der Waals surface area (Å²) in [7, 11) is 0. The summed E-state index contributed by atoms with van der Waals surface area (Å²) >= 11 is 0. The lowest BCUT2D eigenvalue weighted by Gasteiger charge is -2.43. The van der Waals surface area contributed by atoms with Crippen molar-refractivity contribution in [3.63, 3.8) is 0 Å². The molecule has 1 fully saturated rings. The molecule has 0 saturated heterocycles. The number of anilines is 6. The van der Waals surface area contributed by atoms with Crippen LogP contribution in [-0.4, -0.2) is 0 Å². The van der Waals surface area contributed by atoms with Gasteiger partial charge in [0.15, 0.2) is 0 Å². The molecule has 1 saturated carbocycles. The quantitative estimate of drug-likeness (QED) is 0.158. The van der Waals surface area contributed by atoms with Crippen LogP contribution in [0.3, 0.4) is 0 Å². The lowest BCUT2D eigenvalue weighted by Crippen LogP contribution is -2.39. The first kappa shape index (κ1) is 39.2. The zero-order chi connectivity index (χ0) is 44.0. The SMILES string of the molecule is CC1(C)c2ccccc2-c2ccc(N(c3ccccc3)c3cccc4c3C35c6c(cccc6N(c6ccccc6)c6cc7ccccc7cc6-c6ccccc6)CC3CCCCC5C4)cc21. The molecule has 4 aliphatic carbocycles. The third-order valence-electron chi connectivity index (χ3n) is 16.2. The number of hydrogen-bond donors (Lipinski definition) is 0. The first-order valence-corrected chi connectivity index (χ1v) is 24.3. The molecule has 0 heterocycles. The maximum Gasteiger partial charge on any atom is 0.0546 e. The Morgan fingerprint density at radius 3 is 1.58 bits per heavy atom. The molecule has 0 N–H and O–H groups in total. The monoisotopic (exact) mass is 850 g/mol. The zero-order valence-corrected chi connectivity index (χ0v) is 37.9. The molecule has 2 nitrogen and oxygen atoms in total. The molecule has 3 atom stereocenters. The van der Waals surface area contributed by atoms with Gasteiger partial charge in [0.25, 0.3) is 0 Å². The topological polar surface area (TPSA) is 6.48 Å². The summed E-state index contributed by atoms with van der Waals surface area (Å²) in [6.07, 6.45) is 7.20. The Hall–Kier alpha value is -7.16. The normalized spacial score (nSPS) is 19.5. The highest BCUT2D eigenvalue weighted by Gasteiger charge is 2.59. The number of hydrogen-bond acceptors (Lipinski definition) is 2. The highest BCUT2D eigenvalue weighted by molar-refractivity contribution is 5.99. The van der Waals surface area contributed by atoms with Gasteiger partial charge >= 0.3 is 0 Å². The Kier molecular flexibility index (Phi) is 9.04. The van der Waals surface area contributed by atoms with Crippen LogP contribution in [0.5, 0.6) is 0 Å². The molecule has 9 aromatic rings. The van der Waals surface area contributed by atoms with Crippen LogP contribution in [-0.2, 0) is 23.7 Å². The Balaban J connectivity index is 1.08. The van der Waals surface area contributed by atoms with Crippen molar-refractivity contribution < 1.29 is 0 Å². The van der Waals surface area contributed by atoms with Crippen LogP contribution >= 0.6 is 0 Å². The Labute approximate surface area is 389 Å². The molecule has 66 heavy (non-hydrogen) atoms. The van der Waals surface area contributed by atoms with Gasteiger partial charge in [0.1, 0.15) is 0 Å². The summed E-state index contributed by atoms with van der Waals surface area (Å²) in [5, 5.41) is 2.50. The summed E-state index contributed by atoms with van der Waals surface area (Å²) in [6.45, 7) is 4.81. The van der Waals surface area contributed by atoms with Crippen molar-refractivity contribution in [3.8, 4) is 22.3 Å². The van der Waals surface area contributed by atoms with E-state index in [0.717, 1.165) is 12.8 Å². The van der Waals surface area contributed by atoms with Crippen LogP contribution in [0.15, 0.2) is 206 Å². The number of benzene rings is 9. The minimum absolute atomic E-state index is 0.110. The largest absolute Gasteiger partial charge is 0.310 e. The van der Waals surface area contributed by atoms with Crippen molar-refractivity contribution in [2.24, 2.45) is 11.8 Å². The summed E-state index contributed by atoms with van der Waals surface area (Å²) in [5.41, 5.74) is 21.3. The highest BCUT2D eigenvalue weighted by Crippen LogP contribution is 2.67.